The standard InChI is InChI=1S/C9H9Cl2N3O/c10-6-2-1-3-7(11)8(6)14(15)9-12-4-5-13-9/h1-3,15H,4-5H2,(H,12,13). The first kappa shape index (κ1) is 10.5. The zero-order valence-electron chi connectivity index (χ0n) is 7.74. The van der Waals surface area contributed by atoms with Crippen LogP contribution in [0.1, 0.15) is 0 Å². The van der Waals surface area contributed by atoms with Gasteiger partial charge in [-0.25, -0.2) is 4.99 Å². The van der Waals surface area contributed by atoms with Crippen molar-refractivity contribution in [3.05, 3.63) is 28.2 Å². The topological polar surface area (TPSA) is 47.9 Å². The van der Waals surface area contributed by atoms with Gasteiger partial charge in [0.25, 0.3) is 0 Å². The molecule has 0 bridgehead atoms. The highest BCUT2D eigenvalue weighted by Gasteiger charge is 2.19. The highest BCUT2D eigenvalue weighted by Crippen LogP contribution is 2.32. The summed E-state index contributed by atoms with van der Waals surface area (Å²) in [5.41, 5.74) is 0.342. The van der Waals surface area contributed by atoms with Gasteiger partial charge in [-0.1, -0.05) is 29.3 Å². The summed E-state index contributed by atoms with van der Waals surface area (Å²) >= 11 is 11.9. The van der Waals surface area contributed by atoms with E-state index in [4.69, 9.17) is 23.2 Å². The number of hydrogen-bond acceptors (Lipinski definition) is 4. The van der Waals surface area contributed by atoms with Crippen LogP contribution in [-0.4, -0.2) is 24.3 Å². The second-order valence-corrected chi connectivity index (χ2v) is 3.83. The Balaban J connectivity index is 2.36. The van der Waals surface area contributed by atoms with E-state index in [1.807, 2.05) is 0 Å². The molecule has 1 aliphatic rings. The maximum atomic E-state index is 9.85. The molecule has 0 atom stereocenters. The lowest BCUT2D eigenvalue weighted by Gasteiger charge is -2.18. The van der Waals surface area contributed by atoms with E-state index in [-0.39, 0.29) is 0 Å². The molecule has 1 aromatic rings. The Morgan fingerprint density at radius 2 is 2.00 bits per heavy atom. The Morgan fingerprint density at radius 1 is 1.33 bits per heavy atom. The lowest BCUT2D eigenvalue weighted by atomic mass is 10.3. The van der Waals surface area contributed by atoms with E-state index in [0.29, 0.717) is 34.8 Å². The summed E-state index contributed by atoms with van der Waals surface area (Å²) in [7, 11) is 0. The number of para-hydroxylation sites is 1. The van der Waals surface area contributed by atoms with Crippen LogP contribution in [0.5, 0.6) is 0 Å². The molecule has 2 N–H and O–H groups in total. The van der Waals surface area contributed by atoms with E-state index in [0.717, 1.165) is 5.06 Å². The van der Waals surface area contributed by atoms with Gasteiger partial charge in [0.1, 0.15) is 5.69 Å². The zero-order chi connectivity index (χ0) is 10.8. The first-order chi connectivity index (χ1) is 7.20. The summed E-state index contributed by atoms with van der Waals surface area (Å²) in [5.74, 6) is 0.366. The van der Waals surface area contributed by atoms with E-state index in [1.54, 1.807) is 18.2 Å². The molecule has 80 valence electrons. The van der Waals surface area contributed by atoms with Crippen LogP contribution < -0.4 is 10.4 Å². The molecule has 0 amide bonds. The molecule has 0 saturated heterocycles. The molecule has 15 heavy (non-hydrogen) atoms. The molecule has 0 aliphatic carbocycles. The van der Waals surface area contributed by atoms with Crippen LogP contribution in [0.15, 0.2) is 23.2 Å². The third-order valence-corrected chi connectivity index (χ3v) is 2.62. The predicted molar refractivity (Wildman–Crippen MR) is 61.0 cm³/mol. The molecule has 0 radical (unpaired) electrons. The quantitative estimate of drug-likeness (QED) is 0.746. The van der Waals surface area contributed by atoms with Crippen LogP contribution >= 0.6 is 23.2 Å². The maximum absolute atomic E-state index is 9.85. The molecule has 1 aliphatic heterocycles. The number of benzene rings is 1. The Kier molecular flexibility index (Phi) is 3.00. The van der Waals surface area contributed by atoms with Crippen molar-refractivity contribution in [2.45, 2.75) is 0 Å². The van der Waals surface area contributed by atoms with Crippen molar-refractivity contribution >= 4 is 34.8 Å². The van der Waals surface area contributed by atoms with Crippen LogP contribution in [0.3, 0.4) is 0 Å². The minimum absolute atomic E-state index is 0.342. The minimum atomic E-state index is 0.342. The number of hydrogen-bond donors (Lipinski definition) is 2. The van der Waals surface area contributed by atoms with Crippen LogP contribution in [0.4, 0.5) is 5.69 Å². The van der Waals surface area contributed by atoms with Gasteiger partial charge in [-0.15, -0.1) is 0 Å². The predicted octanol–water partition coefficient (Wildman–Crippen LogP) is 2.15. The van der Waals surface area contributed by atoms with Crippen molar-refractivity contribution in [2.75, 3.05) is 18.2 Å². The number of halogens is 2. The van der Waals surface area contributed by atoms with Gasteiger partial charge in [-0.2, -0.15) is 5.06 Å². The second-order valence-electron chi connectivity index (χ2n) is 3.01. The normalized spacial score (nSPS) is 14.7. The number of guanidine groups is 1. The van der Waals surface area contributed by atoms with E-state index in [2.05, 4.69) is 10.3 Å². The third-order valence-electron chi connectivity index (χ3n) is 2.01. The summed E-state index contributed by atoms with van der Waals surface area (Å²) in [6.45, 7) is 1.34. The Labute approximate surface area is 97.1 Å². The Hall–Kier alpha value is -0.970. The van der Waals surface area contributed by atoms with Crippen molar-refractivity contribution < 1.29 is 5.21 Å². The highest BCUT2D eigenvalue weighted by atomic mass is 35.5. The summed E-state index contributed by atoms with van der Waals surface area (Å²) in [6, 6.07) is 5.02. The van der Waals surface area contributed by atoms with Crippen LogP contribution in [0.25, 0.3) is 0 Å². The molecule has 0 fully saturated rings. The van der Waals surface area contributed by atoms with Crippen molar-refractivity contribution in [1.29, 1.82) is 0 Å². The van der Waals surface area contributed by atoms with Crippen molar-refractivity contribution in [2.24, 2.45) is 4.99 Å². The third kappa shape index (κ3) is 2.02. The molecular formula is C9H9Cl2N3O. The first-order valence-corrected chi connectivity index (χ1v) is 5.17. The van der Waals surface area contributed by atoms with Gasteiger partial charge in [0, 0.05) is 6.54 Å². The smallest absolute Gasteiger partial charge is 0.223 e. The second kappa shape index (κ2) is 4.26. The van der Waals surface area contributed by atoms with Gasteiger partial charge in [0.15, 0.2) is 0 Å². The first-order valence-electron chi connectivity index (χ1n) is 4.41. The fourth-order valence-electron chi connectivity index (χ4n) is 1.32. The van der Waals surface area contributed by atoms with Gasteiger partial charge in [0.2, 0.25) is 5.96 Å². The maximum Gasteiger partial charge on any atom is 0.223 e. The number of anilines is 1. The summed E-state index contributed by atoms with van der Waals surface area (Å²) in [5, 5.41) is 14.4. The van der Waals surface area contributed by atoms with Crippen LogP contribution in [0.2, 0.25) is 10.0 Å². The molecule has 6 heteroatoms. The van der Waals surface area contributed by atoms with E-state index in [1.165, 1.54) is 0 Å². The summed E-state index contributed by atoms with van der Waals surface area (Å²) in [4.78, 5) is 4.06. The van der Waals surface area contributed by atoms with E-state index >= 15 is 0 Å². The molecule has 0 aromatic heterocycles. The van der Waals surface area contributed by atoms with Gasteiger partial charge < -0.3 is 5.32 Å². The monoisotopic (exact) mass is 245 g/mol. The fourth-order valence-corrected chi connectivity index (χ4v) is 1.88. The minimum Gasteiger partial charge on any atom is -0.352 e. The number of nitrogens with one attached hydrogen (secondary N) is 1. The van der Waals surface area contributed by atoms with Gasteiger partial charge in [-0.05, 0) is 12.1 Å². The van der Waals surface area contributed by atoms with Gasteiger partial charge in [0.05, 0.1) is 16.6 Å². The van der Waals surface area contributed by atoms with Crippen molar-refractivity contribution in [3.8, 4) is 0 Å². The fraction of sp³-hybridized carbons (Fsp3) is 0.222. The molecule has 0 spiro atoms. The summed E-state index contributed by atoms with van der Waals surface area (Å²) in [6.07, 6.45) is 0. The van der Waals surface area contributed by atoms with Gasteiger partial charge >= 0.3 is 0 Å². The lowest BCUT2D eigenvalue weighted by Crippen LogP contribution is -2.36. The molecule has 0 saturated carbocycles. The number of hydroxylamine groups is 1. The van der Waals surface area contributed by atoms with Crippen LogP contribution in [-0.2, 0) is 0 Å². The van der Waals surface area contributed by atoms with Crippen LogP contribution in [0, 0.1) is 0 Å². The molecule has 0 unspecified atom stereocenters. The number of aliphatic imine (C=N–C) groups is 1. The van der Waals surface area contributed by atoms with E-state index in [9.17, 15) is 5.21 Å². The van der Waals surface area contributed by atoms with Crippen molar-refractivity contribution in [3.63, 3.8) is 0 Å². The van der Waals surface area contributed by atoms with E-state index < -0.39 is 0 Å². The van der Waals surface area contributed by atoms with Gasteiger partial charge in [-0.3, -0.25) is 5.21 Å². The largest absolute Gasteiger partial charge is 0.352 e. The molecule has 4 nitrogen and oxygen atoms in total. The highest BCUT2D eigenvalue weighted by molar-refractivity contribution is 6.39. The molecule has 1 heterocycles. The Morgan fingerprint density at radius 3 is 2.53 bits per heavy atom. The number of rotatable bonds is 1. The molecular weight excluding hydrogens is 237 g/mol. The average Bonchev–Trinajstić information content (AvgIpc) is 2.69. The lowest BCUT2D eigenvalue weighted by molar-refractivity contribution is 0.309. The zero-order valence-corrected chi connectivity index (χ0v) is 9.26. The van der Waals surface area contributed by atoms with Crippen molar-refractivity contribution in [1.82, 2.24) is 5.32 Å². The molecule has 2 rings (SSSR count). The SMILES string of the molecule is ON(C1=NCCN1)c1c(Cl)cccc1Cl. The average molecular weight is 246 g/mol. The Bertz CT molecular complexity index is 388. The summed E-state index contributed by atoms with van der Waals surface area (Å²) < 4.78 is 0. The number of nitrogens with zero attached hydrogens (tertiary/aromatic N) is 2. The molecule has 1 aromatic carbocycles.